The van der Waals surface area contributed by atoms with Gasteiger partial charge in [-0.05, 0) is 50.3 Å². The highest BCUT2D eigenvalue weighted by molar-refractivity contribution is 5.88. The molecule has 2 amide bonds. The van der Waals surface area contributed by atoms with E-state index in [9.17, 15) is 24.3 Å². The minimum absolute atomic E-state index is 0.0268. The van der Waals surface area contributed by atoms with E-state index in [0.29, 0.717) is 27.7 Å². The molecule has 31 heavy (non-hydrogen) atoms. The van der Waals surface area contributed by atoms with Crippen LogP contribution in [0.2, 0.25) is 0 Å². The minimum Gasteiger partial charge on any atom is -0.508 e. The first-order valence-electron chi connectivity index (χ1n) is 10.0. The van der Waals surface area contributed by atoms with Gasteiger partial charge < -0.3 is 25.3 Å². The molecule has 0 aliphatic heterocycles. The van der Waals surface area contributed by atoms with Gasteiger partial charge in [-0.1, -0.05) is 13.8 Å². The number of aromatic hydroxyl groups is 1. The van der Waals surface area contributed by atoms with Crippen molar-refractivity contribution in [1.29, 1.82) is 0 Å². The Morgan fingerprint density at radius 3 is 2.39 bits per heavy atom. The molecule has 0 fully saturated rings. The zero-order chi connectivity index (χ0) is 23.3. The fourth-order valence-corrected chi connectivity index (χ4v) is 3.31. The van der Waals surface area contributed by atoms with Crippen LogP contribution < -0.4 is 16.3 Å². The van der Waals surface area contributed by atoms with Gasteiger partial charge in [-0.15, -0.1) is 0 Å². The Kier molecular flexibility index (Phi) is 7.79. The van der Waals surface area contributed by atoms with Crippen LogP contribution in [-0.2, 0) is 20.8 Å². The number of carboxylic acids is 1. The predicted octanol–water partition coefficient (Wildman–Crippen LogP) is 1.78. The van der Waals surface area contributed by atoms with Crippen molar-refractivity contribution in [3.63, 3.8) is 0 Å². The summed E-state index contributed by atoms with van der Waals surface area (Å²) in [6, 6.07) is 2.15. The summed E-state index contributed by atoms with van der Waals surface area (Å²) in [5.74, 6) is -2.07. The second kappa shape index (κ2) is 10.1. The smallest absolute Gasteiger partial charge is 0.339 e. The largest absolute Gasteiger partial charge is 0.508 e. The number of hydrogen-bond donors (Lipinski definition) is 4. The summed E-state index contributed by atoms with van der Waals surface area (Å²) in [7, 11) is 0. The zero-order valence-electron chi connectivity index (χ0n) is 18.1. The van der Waals surface area contributed by atoms with E-state index in [1.165, 1.54) is 6.07 Å². The molecule has 0 aliphatic rings. The van der Waals surface area contributed by atoms with Gasteiger partial charge in [0, 0.05) is 22.9 Å². The molecular formula is C22H28N2O7. The van der Waals surface area contributed by atoms with Crippen LogP contribution in [0.4, 0.5) is 0 Å². The van der Waals surface area contributed by atoms with Crippen LogP contribution in [0.15, 0.2) is 21.3 Å². The summed E-state index contributed by atoms with van der Waals surface area (Å²) < 4.78 is 5.35. The summed E-state index contributed by atoms with van der Waals surface area (Å²) in [5.41, 5.74) is 1.20. The van der Waals surface area contributed by atoms with E-state index >= 15 is 0 Å². The number of amides is 2. The molecule has 0 bridgehead atoms. The first kappa shape index (κ1) is 23.9. The summed E-state index contributed by atoms with van der Waals surface area (Å²) >= 11 is 0. The number of nitrogens with one attached hydrogen (secondary N) is 2. The number of benzene rings is 1. The van der Waals surface area contributed by atoms with Crippen molar-refractivity contribution in [3.8, 4) is 5.75 Å². The van der Waals surface area contributed by atoms with E-state index in [0.717, 1.165) is 0 Å². The Morgan fingerprint density at radius 2 is 1.77 bits per heavy atom. The van der Waals surface area contributed by atoms with E-state index < -0.39 is 29.5 Å². The van der Waals surface area contributed by atoms with Gasteiger partial charge in [-0.2, -0.15) is 0 Å². The molecule has 0 aliphatic carbocycles. The van der Waals surface area contributed by atoms with Gasteiger partial charge in [0.25, 0.3) is 0 Å². The van der Waals surface area contributed by atoms with Gasteiger partial charge in [-0.25, -0.2) is 9.59 Å². The molecule has 9 nitrogen and oxygen atoms in total. The highest BCUT2D eigenvalue weighted by atomic mass is 16.4. The number of phenolic OH excluding ortho intramolecular Hbond substituents is 1. The Labute approximate surface area is 179 Å². The van der Waals surface area contributed by atoms with Gasteiger partial charge in [0.15, 0.2) is 0 Å². The molecule has 1 atom stereocenters. The Morgan fingerprint density at radius 1 is 1.10 bits per heavy atom. The maximum absolute atomic E-state index is 12.4. The summed E-state index contributed by atoms with van der Waals surface area (Å²) in [6.07, 6.45) is 0.349. The number of fused-ring (bicyclic) bond motifs is 1. The van der Waals surface area contributed by atoms with Crippen LogP contribution >= 0.6 is 0 Å². The molecule has 0 saturated heterocycles. The number of phenols is 1. The number of hydrogen-bond acceptors (Lipinski definition) is 6. The summed E-state index contributed by atoms with van der Waals surface area (Å²) in [5, 5.41) is 24.5. The number of aryl methyl sites for hydroxylation is 2. The molecule has 4 N–H and O–H groups in total. The Hall–Kier alpha value is -3.36. The number of rotatable bonds is 9. The van der Waals surface area contributed by atoms with Gasteiger partial charge >= 0.3 is 11.6 Å². The lowest BCUT2D eigenvalue weighted by atomic mass is 10.0. The van der Waals surface area contributed by atoms with E-state index in [4.69, 9.17) is 9.52 Å². The zero-order valence-corrected chi connectivity index (χ0v) is 18.1. The molecule has 0 spiro atoms. The highest BCUT2D eigenvalue weighted by Crippen LogP contribution is 2.28. The monoisotopic (exact) mass is 432 g/mol. The molecule has 1 aromatic carbocycles. The molecule has 1 heterocycles. The number of carbonyl (C=O) groups excluding carboxylic acids is 2. The van der Waals surface area contributed by atoms with Crippen LogP contribution in [0, 0.1) is 19.8 Å². The highest BCUT2D eigenvalue weighted by Gasteiger charge is 2.21. The van der Waals surface area contributed by atoms with Gasteiger partial charge in [-0.3, -0.25) is 9.59 Å². The van der Waals surface area contributed by atoms with E-state index in [1.807, 2.05) is 13.8 Å². The lowest BCUT2D eigenvalue weighted by Gasteiger charge is -2.16. The third-order valence-corrected chi connectivity index (χ3v) is 5.06. The maximum atomic E-state index is 12.4. The lowest BCUT2D eigenvalue weighted by molar-refractivity contribution is -0.142. The normalized spacial score (nSPS) is 12.0. The summed E-state index contributed by atoms with van der Waals surface area (Å²) in [4.78, 5) is 47.7. The lowest BCUT2D eigenvalue weighted by Crippen LogP contribution is -2.46. The maximum Gasteiger partial charge on any atom is 0.339 e. The molecule has 9 heteroatoms. The van der Waals surface area contributed by atoms with E-state index in [-0.39, 0.29) is 37.5 Å². The summed E-state index contributed by atoms with van der Waals surface area (Å²) in [6.45, 7) is 6.73. The Bertz CT molecular complexity index is 1060. The number of carbonyl (C=O) groups is 3. The SMILES string of the molecule is Cc1c(CCC(=O)NCC(=O)NC(CC(C)C)C(=O)O)c(=O)oc2c(C)c(O)ccc12. The standard InChI is InChI=1S/C22H28N2O7/c1-11(2)9-16(21(28)29)24-19(27)10-23-18(26)8-6-15-12(3)14-5-7-17(25)13(4)20(14)31-22(15)30/h5,7,11,16,25H,6,8-10H2,1-4H3,(H,23,26)(H,24,27)(H,28,29). The van der Waals surface area contributed by atoms with Crippen molar-refractivity contribution in [2.24, 2.45) is 5.92 Å². The first-order valence-corrected chi connectivity index (χ1v) is 10.0. The quantitative estimate of drug-likeness (QED) is 0.442. The molecule has 0 radical (unpaired) electrons. The van der Waals surface area contributed by atoms with Crippen molar-refractivity contribution in [2.45, 2.75) is 53.0 Å². The predicted molar refractivity (Wildman–Crippen MR) is 114 cm³/mol. The van der Waals surface area contributed by atoms with Crippen LogP contribution in [0.3, 0.4) is 0 Å². The van der Waals surface area contributed by atoms with Crippen molar-refractivity contribution in [1.82, 2.24) is 10.6 Å². The second-order valence-corrected chi connectivity index (χ2v) is 7.94. The van der Waals surface area contributed by atoms with Crippen molar-refractivity contribution in [3.05, 3.63) is 39.2 Å². The number of carboxylic acid groups (broad SMARTS) is 1. The first-order chi connectivity index (χ1) is 14.5. The Balaban J connectivity index is 1.98. The van der Waals surface area contributed by atoms with Gasteiger partial charge in [0.1, 0.15) is 17.4 Å². The van der Waals surface area contributed by atoms with Crippen molar-refractivity contribution < 1.29 is 29.0 Å². The van der Waals surface area contributed by atoms with Gasteiger partial charge in [0.05, 0.1) is 6.54 Å². The van der Waals surface area contributed by atoms with Crippen molar-refractivity contribution >= 4 is 28.8 Å². The third-order valence-electron chi connectivity index (χ3n) is 5.06. The molecule has 2 aromatic rings. The van der Waals surface area contributed by atoms with Gasteiger partial charge in [0.2, 0.25) is 11.8 Å². The minimum atomic E-state index is -1.13. The molecule has 1 aromatic heterocycles. The number of aliphatic carboxylic acids is 1. The third kappa shape index (κ3) is 6.07. The fourth-order valence-electron chi connectivity index (χ4n) is 3.31. The average Bonchev–Trinajstić information content (AvgIpc) is 2.68. The molecule has 0 saturated carbocycles. The molecule has 2 rings (SSSR count). The average molecular weight is 432 g/mol. The van der Waals surface area contributed by atoms with Crippen LogP contribution in [0.5, 0.6) is 5.75 Å². The second-order valence-electron chi connectivity index (χ2n) is 7.94. The fraction of sp³-hybridized carbons (Fsp3) is 0.455. The van der Waals surface area contributed by atoms with Crippen LogP contribution in [-0.4, -0.2) is 40.6 Å². The van der Waals surface area contributed by atoms with E-state index in [1.54, 1.807) is 19.9 Å². The van der Waals surface area contributed by atoms with Crippen LogP contribution in [0.1, 0.15) is 43.4 Å². The van der Waals surface area contributed by atoms with E-state index in [2.05, 4.69) is 10.6 Å². The van der Waals surface area contributed by atoms with Crippen LogP contribution in [0.25, 0.3) is 11.0 Å². The molecule has 1 unspecified atom stereocenters. The molecule has 168 valence electrons. The topological polar surface area (TPSA) is 146 Å². The van der Waals surface area contributed by atoms with Crippen molar-refractivity contribution in [2.75, 3.05) is 6.54 Å². The molecular weight excluding hydrogens is 404 g/mol.